The van der Waals surface area contributed by atoms with Gasteiger partial charge < -0.3 is 0 Å². The number of benzene rings is 2. The third kappa shape index (κ3) is 3.00. The Balaban J connectivity index is 2.20. The predicted molar refractivity (Wildman–Crippen MR) is 91.2 cm³/mol. The average Bonchev–Trinajstić information content (AvgIpc) is 2.80. The topological polar surface area (TPSA) is 17.8 Å². The van der Waals surface area contributed by atoms with E-state index in [4.69, 9.17) is 23.2 Å². The van der Waals surface area contributed by atoms with Crippen LogP contribution in [-0.2, 0) is 0 Å². The van der Waals surface area contributed by atoms with Crippen LogP contribution in [0.4, 0.5) is 0 Å². The number of halogens is 3. The van der Waals surface area contributed by atoms with Crippen LogP contribution in [-0.4, -0.2) is 9.78 Å². The van der Waals surface area contributed by atoms with Gasteiger partial charge in [0, 0.05) is 15.1 Å². The van der Waals surface area contributed by atoms with Gasteiger partial charge in [-0.1, -0.05) is 51.3 Å². The molecule has 2 aromatic carbocycles. The van der Waals surface area contributed by atoms with Crippen molar-refractivity contribution in [2.45, 2.75) is 0 Å². The van der Waals surface area contributed by atoms with Crippen molar-refractivity contribution >= 4 is 39.1 Å². The molecular weight excluding hydrogens is 371 g/mol. The lowest BCUT2D eigenvalue weighted by Gasteiger charge is -2.10. The minimum absolute atomic E-state index is 0.543. The highest BCUT2D eigenvalue weighted by atomic mass is 79.9. The molecule has 0 atom stereocenters. The molecule has 0 unspecified atom stereocenters. The second kappa shape index (κ2) is 5.84. The highest BCUT2D eigenvalue weighted by molar-refractivity contribution is 9.10. The van der Waals surface area contributed by atoms with Gasteiger partial charge in [0.1, 0.15) is 0 Å². The molecular formula is C16H10BrCl2N2. The fraction of sp³-hybridized carbons (Fsp3) is 0. The fourth-order valence-electron chi connectivity index (χ4n) is 2.12. The van der Waals surface area contributed by atoms with Gasteiger partial charge in [-0.2, -0.15) is 5.10 Å². The molecule has 0 aliphatic carbocycles. The van der Waals surface area contributed by atoms with Crippen molar-refractivity contribution in [1.29, 1.82) is 0 Å². The van der Waals surface area contributed by atoms with E-state index in [9.17, 15) is 0 Å². The maximum Gasteiger partial charge on any atom is 0.0840 e. The van der Waals surface area contributed by atoms with E-state index in [1.54, 1.807) is 16.8 Å². The van der Waals surface area contributed by atoms with Gasteiger partial charge >= 0.3 is 0 Å². The molecule has 1 radical (unpaired) electrons. The zero-order valence-corrected chi connectivity index (χ0v) is 14.0. The van der Waals surface area contributed by atoms with Crippen LogP contribution in [0.2, 0.25) is 10.0 Å². The van der Waals surface area contributed by atoms with Crippen LogP contribution >= 0.6 is 39.1 Å². The summed E-state index contributed by atoms with van der Waals surface area (Å²) in [6.45, 7) is 3.91. The van der Waals surface area contributed by atoms with E-state index in [0.29, 0.717) is 15.7 Å². The smallest absolute Gasteiger partial charge is 0.0840 e. The highest BCUT2D eigenvalue weighted by Crippen LogP contribution is 2.30. The summed E-state index contributed by atoms with van der Waals surface area (Å²) in [5.41, 5.74) is 3.39. The Morgan fingerprint density at radius 1 is 1.05 bits per heavy atom. The Hall–Kier alpha value is -1.29. The molecule has 1 heterocycles. The minimum atomic E-state index is 0.543. The first-order chi connectivity index (χ1) is 10.0. The Kier molecular flexibility index (Phi) is 4.07. The minimum Gasteiger partial charge on any atom is -0.231 e. The van der Waals surface area contributed by atoms with Crippen LogP contribution in [0.5, 0.6) is 0 Å². The number of rotatable bonds is 2. The van der Waals surface area contributed by atoms with E-state index in [0.717, 1.165) is 21.4 Å². The first-order valence-electron chi connectivity index (χ1n) is 6.18. The molecule has 0 amide bonds. The molecule has 0 aliphatic rings. The number of hydrogen-bond acceptors (Lipinski definition) is 1. The Labute approximate surface area is 141 Å². The molecule has 0 N–H and O–H groups in total. The van der Waals surface area contributed by atoms with Gasteiger partial charge in [0.15, 0.2) is 0 Å². The third-order valence-electron chi connectivity index (χ3n) is 3.02. The Morgan fingerprint density at radius 2 is 1.86 bits per heavy atom. The zero-order chi connectivity index (χ0) is 15.0. The van der Waals surface area contributed by atoms with Gasteiger partial charge in [0.25, 0.3) is 0 Å². The summed E-state index contributed by atoms with van der Waals surface area (Å²) >= 11 is 15.7. The molecule has 0 fully saturated rings. The number of nitrogens with zero attached hydrogens (tertiary/aromatic N) is 2. The van der Waals surface area contributed by atoms with Crippen LogP contribution < -0.4 is 0 Å². The lowest BCUT2D eigenvalue weighted by atomic mass is 10.1. The standard InChI is InChI=1S/C16H10BrCl2N2/c1-10-7-16(11-3-2-4-12(17)8-11)21(20-10)15-6-5-13(18)9-14(15)19/h2-9H,1H2. The predicted octanol–water partition coefficient (Wildman–Crippen LogP) is 5.79. The third-order valence-corrected chi connectivity index (χ3v) is 4.05. The van der Waals surface area contributed by atoms with Gasteiger partial charge in [-0.05, 0) is 43.3 Å². The maximum atomic E-state index is 6.29. The van der Waals surface area contributed by atoms with Gasteiger partial charge in [-0.15, -0.1) is 0 Å². The van der Waals surface area contributed by atoms with Crippen molar-refractivity contribution in [1.82, 2.24) is 9.78 Å². The summed E-state index contributed by atoms with van der Waals surface area (Å²) in [6, 6.07) is 15.3. The van der Waals surface area contributed by atoms with Crippen molar-refractivity contribution < 1.29 is 0 Å². The molecule has 21 heavy (non-hydrogen) atoms. The van der Waals surface area contributed by atoms with Gasteiger partial charge in [0.05, 0.1) is 22.1 Å². The first kappa shape index (κ1) is 14.6. The second-order valence-electron chi connectivity index (χ2n) is 4.54. The molecule has 0 saturated carbocycles. The first-order valence-corrected chi connectivity index (χ1v) is 7.73. The van der Waals surface area contributed by atoms with E-state index in [1.165, 1.54) is 0 Å². The zero-order valence-electron chi connectivity index (χ0n) is 10.9. The largest absolute Gasteiger partial charge is 0.231 e. The molecule has 5 heteroatoms. The molecule has 0 bridgehead atoms. The normalized spacial score (nSPS) is 10.9. The van der Waals surface area contributed by atoms with Crippen LogP contribution in [0.3, 0.4) is 0 Å². The van der Waals surface area contributed by atoms with Crippen molar-refractivity contribution in [3.05, 3.63) is 75.7 Å². The van der Waals surface area contributed by atoms with Crippen molar-refractivity contribution in [3.63, 3.8) is 0 Å². The highest BCUT2D eigenvalue weighted by Gasteiger charge is 2.13. The lowest BCUT2D eigenvalue weighted by Crippen LogP contribution is -2.00. The SMILES string of the molecule is [CH2]c1cc(-c2cccc(Br)c2)n(-c2ccc(Cl)cc2Cl)n1. The molecule has 0 saturated heterocycles. The van der Waals surface area contributed by atoms with Crippen LogP contribution in [0.15, 0.2) is 53.0 Å². The monoisotopic (exact) mass is 379 g/mol. The molecule has 2 nitrogen and oxygen atoms in total. The van der Waals surface area contributed by atoms with Gasteiger partial charge in [-0.3, -0.25) is 0 Å². The van der Waals surface area contributed by atoms with Crippen molar-refractivity contribution in [3.8, 4) is 16.9 Å². The summed E-state index contributed by atoms with van der Waals surface area (Å²) in [4.78, 5) is 0. The lowest BCUT2D eigenvalue weighted by molar-refractivity contribution is 0.879. The average molecular weight is 381 g/mol. The summed E-state index contributed by atoms with van der Waals surface area (Å²) in [6.07, 6.45) is 0. The number of aromatic nitrogens is 2. The Bertz CT molecular complexity index is 812. The van der Waals surface area contributed by atoms with E-state index in [1.807, 2.05) is 36.4 Å². The van der Waals surface area contributed by atoms with Crippen LogP contribution in [0.25, 0.3) is 16.9 Å². The van der Waals surface area contributed by atoms with Crippen molar-refractivity contribution in [2.24, 2.45) is 0 Å². The van der Waals surface area contributed by atoms with Crippen LogP contribution in [0.1, 0.15) is 5.69 Å². The molecule has 0 aliphatic heterocycles. The van der Waals surface area contributed by atoms with E-state index in [2.05, 4.69) is 28.0 Å². The van der Waals surface area contributed by atoms with Crippen LogP contribution in [0, 0.1) is 6.92 Å². The van der Waals surface area contributed by atoms with E-state index in [-0.39, 0.29) is 0 Å². The molecule has 1 aromatic heterocycles. The summed E-state index contributed by atoms with van der Waals surface area (Å²) in [7, 11) is 0. The maximum absolute atomic E-state index is 6.29. The van der Waals surface area contributed by atoms with Gasteiger partial charge in [-0.25, -0.2) is 4.68 Å². The molecule has 3 aromatic rings. The molecule has 3 rings (SSSR count). The van der Waals surface area contributed by atoms with E-state index < -0.39 is 0 Å². The summed E-state index contributed by atoms with van der Waals surface area (Å²) in [5, 5.41) is 5.58. The van der Waals surface area contributed by atoms with Crippen molar-refractivity contribution in [2.75, 3.05) is 0 Å². The Morgan fingerprint density at radius 3 is 2.57 bits per heavy atom. The number of hydrogen-bond donors (Lipinski definition) is 0. The van der Waals surface area contributed by atoms with E-state index >= 15 is 0 Å². The summed E-state index contributed by atoms with van der Waals surface area (Å²) in [5.74, 6) is 0. The molecule has 105 valence electrons. The van der Waals surface area contributed by atoms with Gasteiger partial charge in [0.2, 0.25) is 0 Å². The second-order valence-corrected chi connectivity index (χ2v) is 6.30. The quantitative estimate of drug-likeness (QED) is 0.550. The molecule has 0 spiro atoms. The fourth-order valence-corrected chi connectivity index (χ4v) is 3.01. The summed E-state index contributed by atoms with van der Waals surface area (Å²) < 4.78 is 2.78.